The van der Waals surface area contributed by atoms with E-state index in [1.165, 1.54) is 57.8 Å². The van der Waals surface area contributed by atoms with Crippen LogP contribution in [0.3, 0.4) is 0 Å². The number of rotatable bonds is 34. The number of phosphoric acid groups is 1. The van der Waals surface area contributed by atoms with Crippen molar-refractivity contribution in [3.63, 3.8) is 0 Å². The summed E-state index contributed by atoms with van der Waals surface area (Å²) in [5.41, 5.74) is 0. The Bertz CT molecular complexity index is 745. The van der Waals surface area contributed by atoms with Crippen LogP contribution >= 0.6 is 8.17 Å². The maximum atomic E-state index is 12.3. The third kappa shape index (κ3) is 41.1. The summed E-state index contributed by atoms with van der Waals surface area (Å²) in [6.07, 6.45) is 25.6. The maximum Gasteiger partial charge on any atom is 1.00 e. The summed E-state index contributed by atoms with van der Waals surface area (Å²) in [4.78, 5) is 66.9. The van der Waals surface area contributed by atoms with Crippen molar-refractivity contribution < 1.29 is 102 Å². The van der Waals surface area contributed by atoms with Crippen LogP contribution in [0.2, 0.25) is 0 Å². The third-order valence-corrected chi connectivity index (χ3v) is 8.47. The van der Waals surface area contributed by atoms with E-state index < -0.39 is 32.8 Å². The Labute approximate surface area is 337 Å². The summed E-state index contributed by atoms with van der Waals surface area (Å²) in [6, 6.07) is 0. The van der Waals surface area contributed by atoms with Gasteiger partial charge in [0, 0.05) is 25.8 Å². The molecule has 0 aliphatic heterocycles. The molecule has 272 valence electrons. The predicted octanol–water partition coefficient (Wildman–Crippen LogP) is 1.16. The molecule has 2 N–H and O–H groups in total. The number of nitrogens with one attached hydrogen (secondary N) is 1. The summed E-state index contributed by atoms with van der Waals surface area (Å²) < 4.78 is 14.9. The number of unbranched alkanes of at least 4 members (excludes halogenated alkanes) is 20. The number of hydrogen-bond acceptors (Lipinski definition) is 9. The quantitative estimate of drug-likeness (QED) is 0.0431. The average molecular weight is 723 g/mol. The first-order valence-electron chi connectivity index (χ1n) is 18.5. The van der Waals surface area contributed by atoms with Crippen molar-refractivity contribution in [2.75, 3.05) is 19.8 Å². The van der Waals surface area contributed by atoms with Crippen molar-refractivity contribution >= 4 is 26.0 Å². The Morgan fingerprint density at radius 1 is 0.583 bits per heavy atom. The van der Waals surface area contributed by atoms with Gasteiger partial charge in [0.2, 0.25) is 5.91 Å². The fourth-order valence-corrected chi connectivity index (χ4v) is 5.61. The van der Waals surface area contributed by atoms with Crippen LogP contribution in [0.4, 0.5) is 0 Å². The first-order chi connectivity index (χ1) is 22.2. The van der Waals surface area contributed by atoms with Crippen LogP contribution in [0.1, 0.15) is 181 Å². The Morgan fingerprint density at radius 3 is 1.44 bits per heavy atom. The molecule has 0 aromatic heterocycles. The molecule has 0 spiro atoms. The number of hydrogen-bond donors (Lipinski definition) is 2. The largest absolute Gasteiger partial charge is 1.00 e. The van der Waals surface area contributed by atoms with E-state index in [-0.39, 0.29) is 84.5 Å². The minimum Gasteiger partial charge on any atom is -0.635 e. The van der Waals surface area contributed by atoms with Gasteiger partial charge in [-0.2, -0.15) is 0 Å². The van der Waals surface area contributed by atoms with Gasteiger partial charge in [-0.15, -0.1) is 0 Å². The SMILES string of the molecule is CCCCCCCCCCCCCCCC(=O)O[C@H](COC(=O)CCCCCCCCCCCNC(=O)CCC)CO[P+]([O-])([O-])O.[Na+].[Na+]. The van der Waals surface area contributed by atoms with Crippen LogP contribution in [-0.2, 0) is 28.4 Å². The zero-order valence-corrected chi connectivity index (χ0v) is 36.1. The Balaban J connectivity index is -0.0000101. The van der Waals surface area contributed by atoms with Gasteiger partial charge in [0.25, 0.3) is 0 Å². The number of ether oxygens (including phenoxy) is 2. The molecule has 48 heavy (non-hydrogen) atoms. The predicted molar refractivity (Wildman–Crippen MR) is 180 cm³/mol. The third-order valence-electron chi connectivity index (χ3n) is 7.99. The number of carbonyl (C=O) groups is 3. The molecule has 0 aromatic carbocycles. The van der Waals surface area contributed by atoms with Gasteiger partial charge in [0.15, 0.2) is 14.3 Å². The van der Waals surface area contributed by atoms with Gasteiger partial charge in [-0.1, -0.05) is 136 Å². The van der Waals surface area contributed by atoms with Gasteiger partial charge in [0.1, 0.15) is 13.2 Å². The fourth-order valence-electron chi connectivity index (χ4n) is 5.26. The second-order valence-electron chi connectivity index (χ2n) is 12.6. The molecular weight excluding hydrogens is 655 g/mol. The smallest absolute Gasteiger partial charge is 0.635 e. The van der Waals surface area contributed by atoms with Crippen molar-refractivity contribution in [2.45, 2.75) is 187 Å². The van der Waals surface area contributed by atoms with Gasteiger partial charge in [-0.05, 0) is 25.7 Å². The van der Waals surface area contributed by atoms with E-state index in [0.717, 1.165) is 83.6 Å². The van der Waals surface area contributed by atoms with Crippen LogP contribution in [0.5, 0.6) is 0 Å². The topological polar surface area (TPSA) is 157 Å². The van der Waals surface area contributed by atoms with Crippen molar-refractivity contribution in [3.8, 4) is 0 Å². The number of carbonyl (C=O) groups excluding carboxylic acids is 3. The molecular formula is C35H67NNa2O9P+. The molecule has 0 bridgehead atoms. The van der Waals surface area contributed by atoms with Gasteiger partial charge < -0.3 is 24.6 Å². The minimum absolute atomic E-state index is 0. The van der Waals surface area contributed by atoms with Gasteiger partial charge in [-0.25, -0.2) is 9.42 Å². The first-order valence-corrected chi connectivity index (χ1v) is 20.0. The van der Waals surface area contributed by atoms with E-state index >= 15 is 0 Å². The second kappa shape index (κ2) is 38.9. The van der Waals surface area contributed by atoms with Crippen LogP contribution in [0.15, 0.2) is 0 Å². The van der Waals surface area contributed by atoms with E-state index in [0.29, 0.717) is 19.3 Å². The van der Waals surface area contributed by atoms with Gasteiger partial charge in [-0.3, -0.25) is 14.4 Å². The van der Waals surface area contributed by atoms with Gasteiger partial charge >= 0.3 is 71.1 Å². The van der Waals surface area contributed by atoms with E-state index in [1.54, 1.807) is 0 Å². The summed E-state index contributed by atoms with van der Waals surface area (Å²) in [5.74, 6) is -0.820. The zero-order chi connectivity index (χ0) is 34.1. The van der Waals surface area contributed by atoms with E-state index in [2.05, 4.69) is 16.8 Å². The standard InChI is InChI=1S/C35H68NO9P.2Na/c1-3-5-6-7-8-9-10-11-12-14-18-21-24-28-35(39)45-32(31-44-46(40,41)42)30-43-34(38)27-23-20-17-15-13-16-19-22-25-29-36-33(37)26-4-2;;/h32H,3-31H2,1-2H3,(H,36,37)(H2,40,41,42);;/q;2*+1/p-1/t32-;;/m1../s1. The van der Waals surface area contributed by atoms with Gasteiger partial charge in [0.05, 0.1) is 0 Å². The van der Waals surface area contributed by atoms with E-state index in [1.807, 2.05) is 6.92 Å². The number of esters is 2. The molecule has 1 amide bonds. The molecule has 0 saturated heterocycles. The molecule has 0 aliphatic carbocycles. The summed E-state index contributed by atoms with van der Waals surface area (Å²) in [6.45, 7) is 4.05. The van der Waals surface area contributed by atoms with Crippen molar-refractivity contribution in [1.29, 1.82) is 0 Å². The zero-order valence-electron chi connectivity index (χ0n) is 31.2. The van der Waals surface area contributed by atoms with Crippen LogP contribution in [-0.4, -0.2) is 48.6 Å². The van der Waals surface area contributed by atoms with Crippen molar-refractivity contribution in [3.05, 3.63) is 0 Å². The molecule has 0 fully saturated rings. The molecule has 0 saturated carbocycles. The molecule has 0 radical (unpaired) electrons. The molecule has 0 rings (SSSR count). The van der Waals surface area contributed by atoms with E-state index in [9.17, 15) is 24.2 Å². The molecule has 0 aromatic rings. The molecule has 0 unspecified atom stereocenters. The molecule has 1 atom stereocenters. The maximum absolute atomic E-state index is 12.3. The molecule has 0 heterocycles. The monoisotopic (exact) mass is 722 g/mol. The Kier molecular flexibility index (Phi) is 43.0. The second-order valence-corrected chi connectivity index (χ2v) is 13.8. The number of amides is 1. The summed E-state index contributed by atoms with van der Waals surface area (Å²) in [7, 11) is -5.01. The Hall–Kier alpha value is 0.680. The molecule has 0 aliphatic rings. The average Bonchev–Trinajstić information content (AvgIpc) is 3.01. The molecule has 10 nitrogen and oxygen atoms in total. The normalized spacial score (nSPS) is 11.7. The summed E-state index contributed by atoms with van der Waals surface area (Å²) in [5, 5.41) is 2.94. The van der Waals surface area contributed by atoms with Crippen LogP contribution in [0.25, 0.3) is 0 Å². The van der Waals surface area contributed by atoms with E-state index in [4.69, 9.17) is 14.4 Å². The number of phosphoric ester groups is 1. The molecule has 13 heteroatoms. The minimum atomic E-state index is -5.01. The Morgan fingerprint density at radius 2 is 1.00 bits per heavy atom. The summed E-state index contributed by atoms with van der Waals surface area (Å²) >= 11 is 0. The fraction of sp³-hybridized carbons (Fsp3) is 0.914. The van der Waals surface area contributed by atoms with Crippen LogP contribution < -0.4 is 74.2 Å². The first kappa shape index (κ1) is 53.0. The van der Waals surface area contributed by atoms with Crippen molar-refractivity contribution in [2.24, 2.45) is 0 Å². The van der Waals surface area contributed by atoms with Crippen molar-refractivity contribution in [1.82, 2.24) is 5.32 Å². The van der Waals surface area contributed by atoms with Crippen LogP contribution in [0, 0.1) is 0 Å².